The molecule has 0 aromatic carbocycles. The van der Waals surface area contributed by atoms with Gasteiger partial charge < -0.3 is 14.6 Å². The van der Waals surface area contributed by atoms with Gasteiger partial charge in [-0.1, -0.05) is 6.92 Å². The number of sulfonamides is 1. The van der Waals surface area contributed by atoms with Crippen LogP contribution in [0.1, 0.15) is 37.2 Å². The second-order valence-corrected chi connectivity index (χ2v) is 7.18. The van der Waals surface area contributed by atoms with Crippen molar-refractivity contribution in [3.05, 3.63) is 18.0 Å². The first kappa shape index (κ1) is 16.0. The first-order valence-corrected chi connectivity index (χ1v) is 8.43. The molecule has 21 heavy (non-hydrogen) atoms. The van der Waals surface area contributed by atoms with Gasteiger partial charge >= 0.3 is 0 Å². The molecule has 0 spiro atoms. The third-order valence-electron chi connectivity index (χ3n) is 3.53. The lowest BCUT2D eigenvalue weighted by Crippen LogP contribution is -2.46. The van der Waals surface area contributed by atoms with Gasteiger partial charge in [-0.15, -0.1) is 0 Å². The Morgan fingerprint density at radius 3 is 2.81 bits per heavy atom. The number of rotatable bonds is 5. The Labute approximate surface area is 124 Å². The highest BCUT2D eigenvalue weighted by Crippen LogP contribution is 2.20. The van der Waals surface area contributed by atoms with Gasteiger partial charge in [-0.2, -0.15) is 0 Å². The molecule has 3 N–H and O–H groups in total. The molecule has 1 aliphatic heterocycles. The molecule has 2 rings (SSSR count). The van der Waals surface area contributed by atoms with Crippen molar-refractivity contribution in [2.75, 3.05) is 13.2 Å². The van der Waals surface area contributed by atoms with Crippen molar-refractivity contribution in [2.24, 2.45) is 5.14 Å². The Balaban J connectivity index is 2.28. The van der Waals surface area contributed by atoms with Crippen LogP contribution in [0.25, 0.3) is 0 Å². The number of hydrogen-bond donors (Lipinski definition) is 2. The first-order valence-electron chi connectivity index (χ1n) is 6.88. The summed E-state index contributed by atoms with van der Waals surface area (Å²) in [5.41, 5.74) is -0.117. The van der Waals surface area contributed by atoms with E-state index in [1.807, 2.05) is 13.8 Å². The summed E-state index contributed by atoms with van der Waals surface area (Å²) in [6.07, 6.45) is 2.91. The molecule has 1 amide bonds. The van der Waals surface area contributed by atoms with E-state index in [2.05, 4.69) is 5.32 Å². The van der Waals surface area contributed by atoms with Crippen LogP contribution in [-0.4, -0.2) is 37.6 Å². The first-order chi connectivity index (χ1) is 9.75. The Bertz CT molecular complexity index is 630. The Kier molecular flexibility index (Phi) is 4.40. The van der Waals surface area contributed by atoms with Crippen molar-refractivity contribution in [1.82, 2.24) is 9.88 Å². The van der Waals surface area contributed by atoms with Crippen LogP contribution in [0.15, 0.2) is 17.2 Å². The van der Waals surface area contributed by atoms with Crippen LogP contribution in [-0.2, 0) is 21.3 Å². The van der Waals surface area contributed by atoms with Crippen molar-refractivity contribution in [3.8, 4) is 0 Å². The zero-order valence-corrected chi connectivity index (χ0v) is 13.1. The van der Waals surface area contributed by atoms with Gasteiger partial charge in [0.1, 0.15) is 10.6 Å². The molecule has 1 unspecified atom stereocenters. The second-order valence-electron chi connectivity index (χ2n) is 5.62. The minimum absolute atomic E-state index is 0.0473. The average Bonchev–Trinajstić information content (AvgIpc) is 2.96. The second kappa shape index (κ2) is 5.78. The summed E-state index contributed by atoms with van der Waals surface area (Å²) in [5.74, 6) is -0.314. The van der Waals surface area contributed by atoms with E-state index >= 15 is 0 Å². The van der Waals surface area contributed by atoms with Gasteiger partial charge in [-0.3, -0.25) is 4.79 Å². The lowest BCUT2D eigenvalue weighted by molar-refractivity contribution is 0.0880. The maximum Gasteiger partial charge on any atom is 0.268 e. The predicted octanol–water partition coefficient (Wildman–Crippen LogP) is 0.454. The Morgan fingerprint density at radius 2 is 2.29 bits per heavy atom. The van der Waals surface area contributed by atoms with Gasteiger partial charge in [0.15, 0.2) is 0 Å². The van der Waals surface area contributed by atoms with Crippen molar-refractivity contribution >= 4 is 15.9 Å². The largest absolute Gasteiger partial charge is 0.379 e. The number of nitrogens with one attached hydrogen (secondary N) is 1. The van der Waals surface area contributed by atoms with Gasteiger partial charge in [-0.05, 0) is 25.8 Å². The Morgan fingerprint density at radius 1 is 1.57 bits per heavy atom. The predicted molar refractivity (Wildman–Crippen MR) is 77.4 cm³/mol. The topological polar surface area (TPSA) is 103 Å². The molecule has 8 heteroatoms. The van der Waals surface area contributed by atoms with E-state index in [-0.39, 0.29) is 10.8 Å². The summed E-state index contributed by atoms with van der Waals surface area (Å²) in [6.45, 7) is 5.46. The van der Waals surface area contributed by atoms with Gasteiger partial charge in [-0.25, -0.2) is 13.6 Å². The number of primary sulfonamides is 1. The third kappa shape index (κ3) is 3.63. The number of carbonyl (C=O) groups excluding carboxylic acids is 1. The van der Waals surface area contributed by atoms with Gasteiger partial charge in [0.05, 0.1) is 12.1 Å². The number of carbonyl (C=O) groups is 1. The molecular formula is C13H21N3O4S. The molecular weight excluding hydrogens is 294 g/mol. The van der Waals surface area contributed by atoms with Gasteiger partial charge in [0, 0.05) is 19.3 Å². The lowest BCUT2D eigenvalue weighted by atomic mass is 10.0. The van der Waals surface area contributed by atoms with Crippen LogP contribution in [0.2, 0.25) is 0 Å². The number of nitrogens with zero attached hydrogens (tertiary/aromatic N) is 1. The highest BCUT2D eigenvalue weighted by Gasteiger charge is 2.32. The molecule has 1 aromatic rings. The fourth-order valence-corrected chi connectivity index (χ4v) is 2.91. The van der Waals surface area contributed by atoms with E-state index in [1.165, 1.54) is 12.3 Å². The number of aryl methyl sites for hydroxylation is 1. The van der Waals surface area contributed by atoms with E-state index in [0.717, 1.165) is 12.8 Å². The lowest BCUT2D eigenvalue weighted by Gasteiger charge is -2.23. The normalized spacial score (nSPS) is 22.4. The maximum atomic E-state index is 12.4. The Hall–Kier alpha value is -1.38. The van der Waals surface area contributed by atoms with Gasteiger partial charge in [0.25, 0.3) is 5.91 Å². The zero-order valence-electron chi connectivity index (χ0n) is 12.3. The minimum atomic E-state index is -3.82. The third-order valence-corrected chi connectivity index (χ3v) is 4.41. The summed E-state index contributed by atoms with van der Waals surface area (Å²) in [4.78, 5) is 12.4. The monoisotopic (exact) mass is 315 g/mol. The average molecular weight is 315 g/mol. The van der Waals surface area contributed by atoms with E-state index in [4.69, 9.17) is 9.88 Å². The van der Waals surface area contributed by atoms with Crippen molar-refractivity contribution in [3.63, 3.8) is 0 Å². The molecule has 0 saturated carbocycles. The zero-order chi connectivity index (χ0) is 15.7. The molecule has 0 bridgehead atoms. The molecule has 1 aliphatic rings. The fraction of sp³-hybridized carbons (Fsp3) is 0.615. The van der Waals surface area contributed by atoms with Crippen LogP contribution >= 0.6 is 0 Å². The quantitative estimate of drug-likeness (QED) is 0.823. The highest BCUT2D eigenvalue weighted by molar-refractivity contribution is 7.89. The number of ether oxygens (including phenoxy) is 1. The summed E-state index contributed by atoms with van der Waals surface area (Å²) < 4.78 is 29.8. The van der Waals surface area contributed by atoms with Gasteiger partial charge in [0.2, 0.25) is 10.0 Å². The van der Waals surface area contributed by atoms with Crippen molar-refractivity contribution in [2.45, 2.75) is 43.7 Å². The summed E-state index contributed by atoms with van der Waals surface area (Å²) in [6, 6.07) is 1.32. The number of hydrogen-bond acceptors (Lipinski definition) is 4. The molecule has 1 fully saturated rings. The maximum absolute atomic E-state index is 12.4. The van der Waals surface area contributed by atoms with E-state index in [9.17, 15) is 13.2 Å². The molecule has 0 aliphatic carbocycles. The number of amides is 1. The molecule has 0 radical (unpaired) electrons. The minimum Gasteiger partial charge on any atom is -0.379 e. The highest BCUT2D eigenvalue weighted by atomic mass is 32.2. The molecule has 2 heterocycles. The molecule has 118 valence electrons. The summed E-state index contributed by atoms with van der Waals surface area (Å²) >= 11 is 0. The van der Waals surface area contributed by atoms with Crippen LogP contribution < -0.4 is 10.5 Å². The smallest absolute Gasteiger partial charge is 0.268 e. The van der Waals surface area contributed by atoms with Crippen LogP contribution in [0.3, 0.4) is 0 Å². The number of nitrogens with two attached hydrogens (primary N) is 1. The molecule has 1 aromatic heterocycles. The van der Waals surface area contributed by atoms with Crippen LogP contribution in [0, 0.1) is 0 Å². The van der Waals surface area contributed by atoms with Crippen molar-refractivity contribution in [1.29, 1.82) is 0 Å². The standard InChI is InChI=1S/C13H21N3O4S/c1-3-5-16-8-10(21(14,18)19)7-11(16)12(17)15-13(2)4-6-20-9-13/h7-8H,3-6,9H2,1-2H3,(H,15,17)(H2,14,18,19). The SMILES string of the molecule is CCCn1cc(S(N)(=O)=O)cc1C(=O)NC1(C)CCOC1. The van der Waals surface area contributed by atoms with Crippen LogP contribution in [0.5, 0.6) is 0 Å². The summed E-state index contributed by atoms with van der Waals surface area (Å²) in [7, 11) is -3.82. The van der Waals surface area contributed by atoms with E-state index in [0.29, 0.717) is 25.5 Å². The van der Waals surface area contributed by atoms with Crippen molar-refractivity contribution < 1.29 is 17.9 Å². The fourth-order valence-electron chi connectivity index (χ4n) is 2.36. The molecule has 1 saturated heterocycles. The van der Waals surface area contributed by atoms with E-state index < -0.39 is 15.6 Å². The molecule has 1 atom stereocenters. The number of aromatic nitrogens is 1. The molecule has 7 nitrogen and oxygen atoms in total. The summed E-state index contributed by atoms with van der Waals surface area (Å²) in [5, 5.41) is 8.05. The van der Waals surface area contributed by atoms with E-state index in [1.54, 1.807) is 4.57 Å². The van der Waals surface area contributed by atoms with Crippen LogP contribution in [0.4, 0.5) is 0 Å².